The zero-order valence-corrected chi connectivity index (χ0v) is 9.26. The van der Waals surface area contributed by atoms with Crippen molar-refractivity contribution in [1.29, 1.82) is 0 Å². The molecule has 0 aromatic rings. The van der Waals surface area contributed by atoms with Crippen LogP contribution in [0.25, 0.3) is 0 Å². The van der Waals surface area contributed by atoms with E-state index in [4.69, 9.17) is 5.73 Å². The van der Waals surface area contributed by atoms with Crippen molar-refractivity contribution in [3.05, 3.63) is 0 Å². The second kappa shape index (κ2) is 5.17. The number of rotatable bonds is 3. The lowest BCUT2D eigenvalue weighted by molar-refractivity contribution is 0.155. The minimum absolute atomic E-state index is 0.459. The molecule has 72 valence electrons. The fraction of sp³-hybridized carbons (Fsp3) is 1.00. The first-order valence-corrected chi connectivity index (χ1v) is 5.39. The van der Waals surface area contributed by atoms with Gasteiger partial charge in [0.25, 0.3) is 0 Å². The predicted octanol–water partition coefficient (Wildman–Crippen LogP) is -0.0440. The SMILES string of the molecule is CN1CCN(CC(Br)CN)CC1. The first-order valence-electron chi connectivity index (χ1n) is 4.47. The van der Waals surface area contributed by atoms with E-state index in [-0.39, 0.29) is 0 Å². The maximum Gasteiger partial charge on any atom is 0.0395 e. The van der Waals surface area contributed by atoms with Gasteiger partial charge < -0.3 is 10.6 Å². The zero-order chi connectivity index (χ0) is 8.97. The molecule has 0 amide bonds. The zero-order valence-electron chi connectivity index (χ0n) is 7.67. The summed E-state index contributed by atoms with van der Waals surface area (Å²) in [4.78, 5) is 5.29. The molecule has 1 fully saturated rings. The summed E-state index contributed by atoms with van der Waals surface area (Å²) in [5.41, 5.74) is 5.53. The predicted molar refractivity (Wildman–Crippen MR) is 55.7 cm³/mol. The second-order valence-electron chi connectivity index (χ2n) is 3.44. The van der Waals surface area contributed by atoms with Gasteiger partial charge in [0.05, 0.1) is 0 Å². The largest absolute Gasteiger partial charge is 0.329 e. The molecule has 1 rings (SSSR count). The Hall–Kier alpha value is 0.360. The molecule has 3 nitrogen and oxygen atoms in total. The van der Waals surface area contributed by atoms with Crippen LogP contribution in [0.1, 0.15) is 0 Å². The third-order valence-electron chi connectivity index (χ3n) is 2.31. The number of piperazine rings is 1. The van der Waals surface area contributed by atoms with Crippen molar-refractivity contribution in [2.75, 3.05) is 46.3 Å². The molecule has 0 radical (unpaired) electrons. The van der Waals surface area contributed by atoms with Gasteiger partial charge >= 0.3 is 0 Å². The van der Waals surface area contributed by atoms with Crippen molar-refractivity contribution in [1.82, 2.24) is 9.80 Å². The van der Waals surface area contributed by atoms with Crippen molar-refractivity contribution in [2.24, 2.45) is 5.73 Å². The van der Waals surface area contributed by atoms with Gasteiger partial charge in [-0.1, -0.05) is 15.9 Å². The molecule has 12 heavy (non-hydrogen) atoms. The van der Waals surface area contributed by atoms with Crippen molar-refractivity contribution >= 4 is 15.9 Å². The Morgan fingerprint density at radius 2 is 1.92 bits per heavy atom. The van der Waals surface area contributed by atoms with E-state index in [9.17, 15) is 0 Å². The summed E-state index contributed by atoms with van der Waals surface area (Å²) in [6, 6.07) is 0. The van der Waals surface area contributed by atoms with Crippen LogP contribution in [0.3, 0.4) is 0 Å². The van der Waals surface area contributed by atoms with Gasteiger partial charge in [0, 0.05) is 44.1 Å². The Morgan fingerprint density at radius 3 is 2.42 bits per heavy atom. The molecular formula is C8H18BrN3. The summed E-state index contributed by atoms with van der Waals surface area (Å²) in [6.07, 6.45) is 0. The van der Waals surface area contributed by atoms with E-state index in [1.807, 2.05) is 0 Å². The number of halogens is 1. The average Bonchev–Trinajstić information content (AvgIpc) is 2.09. The van der Waals surface area contributed by atoms with E-state index in [0.29, 0.717) is 4.83 Å². The van der Waals surface area contributed by atoms with Crippen LogP contribution < -0.4 is 5.73 Å². The smallest absolute Gasteiger partial charge is 0.0395 e. The summed E-state index contributed by atoms with van der Waals surface area (Å²) < 4.78 is 0. The Balaban J connectivity index is 2.17. The average molecular weight is 236 g/mol. The van der Waals surface area contributed by atoms with E-state index < -0.39 is 0 Å². The quantitative estimate of drug-likeness (QED) is 0.698. The Morgan fingerprint density at radius 1 is 1.33 bits per heavy atom. The lowest BCUT2D eigenvalue weighted by atomic mass is 10.3. The molecule has 0 spiro atoms. The van der Waals surface area contributed by atoms with E-state index in [2.05, 4.69) is 32.8 Å². The van der Waals surface area contributed by atoms with E-state index in [0.717, 1.165) is 13.1 Å². The van der Waals surface area contributed by atoms with E-state index in [1.54, 1.807) is 0 Å². The minimum atomic E-state index is 0.459. The van der Waals surface area contributed by atoms with Crippen LogP contribution in [0.5, 0.6) is 0 Å². The van der Waals surface area contributed by atoms with Crippen LogP contribution in [0.2, 0.25) is 0 Å². The van der Waals surface area contributed by atoms with Crippen LogP contribution in [0.15, 0.2) is 0 Å². The van der Waals surface area contributed by atoms with Crippen molar-refractivity contribution in [3.8, 4) is 0 Å². The summed E-state index contributed by atoms with van der Waals surface area (Å²) >= 11 is 3.55. The highest BCUT2D eigenvalue weighted by Crippen LogP contribution is 2.04. The monoisotopic (exact) mass is 235 g/mol. The number of nitrogens with two attached hydrogens (primary N) is 1. The lowest BCUT2D eigenvalue weighted by Crippen LogP contribution is -2.47. The van der Waals surface area contributed by atoms with Gasteiger partial charge in [-0.05, 0) is 7.05 Å². The molecule has 2 N–H and O–H groups in total. The van der Waals surface area contributed by atoms with Crippen LogP contribution in [0.4, 0.5) is 0 Å². The Kier molecular flexibility index (Phi) is 4.50. The summed E-state index contributed by atoms with van der Waals surface area (Å²) in [6.45, 7) is 6.54. The molecule has 1 atom stereocenters. The van der Waals surface area contributed by atoms with Crippen molar-refractivity contribution in [3.63, 3.8) is 0 Å². The van der Waals surface area contributed by atoms with E-state index >= 15 is 0 Å². The summed E-state index contributed by atoms with van der Waals surface area (Å²) in [5, 5.41) is 0. The number of hydrogen-bond donors (Lipinski definition) is 1. The molecular weight excluding hydrogens is 218 g/mol. The van der Waals surface area contributed by atoms with Crippen LogP contribution in [-0.2, 0) is 0 Å². The lowest BCUT2D eigenvalue weighted by Gasteiger charge is -2.33. The molecule has 0 aromatic heterocycles. The molecule has 0 saturated carbocycles. The topological polar surface area (TPSA) is 32.5 Å². The standard InChI is InChI=1S/C8H18BrN3/c1-11-2-4-12(5-3-11)7-8(9)6-10/h8H,2-7,10H2,1H3. The molecule has 4 heteroatoms. The third-order valence-corrected chi connectivity index (χ3v) is 2.97. The van der Waals surface area contributed by atoms with Crippen molar-refractivity contribution in [2.45, 2.75) is 4.83 Å². The highest BCUT2D eigenvalue weighted by molar-refractivity contribution is 9.09. The maximum atomic E-state index is 5.53. The number of nitrogens with zero attached hydrogens (tertiary/aromatic N) is 2. The van der Waals surface area contributed by atoms with Crippen molar-refractivity contribution < 1.29 is 0 Å². The first kappa shape index (κ1) is 10.4. The fourth-order valence-electron chi connectivity index (χ4n) is 1.39. The van der Waals surface area contributed by atoms with E-state index in [1.165, 1.54) is 26.2 Å². The number of likely N-dealkylation sites (N-methyl/N-ethyl adjacent to an activating group) is 1. The van der Waals surface area contributed by atoms with Crippen LogP contribution >= 0.6 is 15.9 Å². The van der Waals surface area contributed by atoms with Gasteiger partial charge in [-0.25, -0.2) is 0 Å². The molecule has 1 saturated heterocycles. The van der Waals surface area contributed by atoms with Gasteiger partial charge in [0.1, 0.15) is 0 Å². The minimum Gasteiger partial charge on any atom is -0.329 e. The molecule has 1 unspecified atom stereocenters. The van der Waals surface area contributed by atoms with Gasteiger partial charge in [-0.3, -0.25) is 4.90 Å². The second-order valence-corrected chi connectivity index (χ2v) is 4.73. The number of alkyl halides is 1. The van der Waals surface area contributed by atoms with Crippen LogP contribution in [0, 0.1) is 0 Å². The molecule has 0 aliphatic carbocycles. The Bertz CT molecular complexity index is 123. The van der Waals surface area contributed by atoms with Crippen LogP contribution in [-0.4, -0.2) is 60.9 Å². The molecule has 0 aromatic carbocycles. The molecule has 1 aliphatic rings. The van der Waals surface area contributed by atoms with Gasteiger partial charge in [-0.15, -0.1) is 0 Å². The van der Waals surface area contributed by atoms with Gasteiger partial charge in [0.15, 0.2) is 0 Å². The highest BCUT2D eigenvalue weighted by atomic mass is 79.9. The molecule has 1 aliphatic heterocycles. The fourth-order valence-corrected chi connectivity index (χ4v) is 1.79. The highest BCUT2D eigenvalue weighted by Gasteiger charge is 2.15. The molecule has 1 heterocycles. The maximum absolute atomic E-state index is 5.53. The normalized spacial score (nSPS) is 24.2. The third kappa shape index (κ3) is 3.39. The molecule has 0 bridgehead atoms. The number of hydrogen-bond acceptors (Lipinski definition) is 3. The van der Waals surface area contributed by atoms with Gasteiger partial charge in [-0.2, -0.15) is 0 Å². The first-order chi connectivity index (χ1) is 5.72. The summed E-state index contributed by atoms with van der Waals surface area (Å²) in [5.74, 6) is 0. The Labute approximate surface area is 83.0 Å². The summed E-state index contributed by atoms with van der Waals surface area (Å²) in [7, 11) is 2.17. The van der Waals surface area contributed by atoms with Gasteiger partial charge in [0.2, 0.25) is 0 Å².